The van der Waals surface area contributed by atoms with Crippen LogP contribution in [0.5, 0.6) is 0 Å². The van der Waals surface area contributed by atoms with Gasteiger partial charge in [0.25, 0.3) is 0 Å². The van der Waals surface area contributed by atoms with Gasteiger partial charge in [-0.25, -0.2) is 9.97 Å². The Labute approximate surface area is 361 Å². The van der Waals surface area contributed by atoms with E-state index in [2.05, 4.69) is 177 Å². The van der Waals surface area contributed by atoms with E-state index in [0.717, 1.165) is 100 Å². The average molecular weight is 806 g/mol. The van der Waals surface area contributed by atoms with Gasteiger partial charge in [-0.05, 0) is 66.7 Å². The number of nitrogens with zero attached hydrogens (tertiary/aromatic N) is 7. The van der Waals surface area contributed by atoms with Gasteiger partial charge in [0.05, 0.1) is 72.6 Å². The summed E-state index contributed by atoms with van der Waals surface area (Å²) in [5, 5.41) is 4.51. The van der Waals surface area contributed by atoms with Crippen LogP contribution in [0.15, 0.2) is 213 Å². The second-order valence-electron chi connectivity index (χ2n) is 15.9. The molecule has 0 aliphatic carbocycles. The molecule has 6 aromatic heterocycles. The predicted octanol–water partition coefficient (Wildman–Crippen LogP) is 13.6. The number of para-hydroxylation sites is 4. The lowest BCUT2D eigenvalue weighted by atomic mass is 10.0. The van der Waals surface area contributed by atoms with Crippen molar-refractivity contribution in [1.29, 1.82) is 0 Å². The first-order chi connectivity index (χ1) is 31.3. The van der Waals surface area contributed by atoms with E-state index in [1.54, 1.807) is 0 Å². The number of aromatic nitrogens is 7. The van der Waals surface area contributed by atoms with Crippen molar-refractivity contribution in [1.82, 2.24) is 33.6 Å². The van der Waals surface area contributed by atoms with Crippen LogP contribution in [0.4, 0.5) is 0 Å². The third-order valence-corrected chi connectivity index (χ3v) is 12.3. The maximum Gasteiger partial charge on any atom is 0.160 e. The SMILES string of the molecule is c1ccc(-c2cc(-c3cc(-n4c5ccccc5c5ncccc54)c(-n4c5ccccc5c5ccccc54)c(-n4c5ccccc5c5ncccc54)c3)nc(-c3ccccc3)n2)cc1. The minimum absolute atomic E-state index is 0.656. The van der Waals surface area contributed by atoms with E-state index < -0.39 is 0 Å². The van der Waals surface area contributed by atoms with Crippen molar-refractivity contribution in [3.05, 3.63) is 213 Å². The monoisotopic (exact) mass is 805 g/mol. The minimum atomic E-state index is 0.656. The Morgan fingerprint density at radius 3 is 1.21 bits per heavy atom. The van der Waals surface area contributed by atoms with Crippen LogP contribution < -0.4 is 0 Å². The first kappa shape index (κ1) is 35.1. The Kier molecular flexibility index (Phi) is 7.77. The van der Waals surface area contributed by atoms with Crippen LogP contribution >= 0.6 is 0 Å². The highest BCUT2D eigenvalue weighted by atomic mass is 15.1. The molecule has 7 nitrogen and oxygen atoms in total. The molecular formula is C56H35N7. The summed E-state index contributed by atoms with van der Waals surface area (Å²) in [6.07, 6.45) is 3.77. The lowest BCUT2D eigenvalue weighted by molar-refractivity contribution is 1.05. The molecule has 0 fully saturated rings. The molecule has 0 saturated carbocycles. The topological polar surface area (TPSA) is 66.3 Å². The number of pyridine rings is 2. The molecule has 7 heteroatoms. The van der Waals surface area contributed by atoms with E-state index in [-0.39, 0.29) is 0 Å². The van der Waals surface area contributed by atoms with Crippen LogP contribution in [0.25, 0.3) is 117 Å². The maximum absolute atomic E-state index is 5.42. The first-order valence-corrected chi connectivity index (χ1v) is 21.1. The zero-order valence-corrected chi connectivity index (χ0v) is 33.8. The molecule has 6 heterocycles. The Morgan fingerprint density at radius 2 is 0.698 bits per heavy atom. The molecule has 63 heavy (non-hydrogen) atoms. The van der Waals surface area contributed by atoms with E-state index in [4.69, 9.17) is 19.9 Å². The molecule has 0 unspecified atom stereocenters. The zero-order valence-electron chi connectivity index (χ0n) is 33.8. The number of fused-ring (bicyclic) bond motifs is 9. The predicted molar refractivity (Wildman–Crippen MR) is 257 cm³/mol. The van der Waals surface area contributed by atoms with E-state index in [9.17, 15) is 0 Å². The van der Waals surface area contributed by atoms with E-state index >= 15 is 0 Å². The summed E-state index contributed by atoms with van der Waals surface area (Å²) in [7, 11) is 0. The number of rotatable bonds is 6. The van der Waals surface area contributed by atoms with Crippen molar-refractivity contribution in [2.24, 2.45) is 0 Å². The van der Waals surface area contributed by atoms with Gasteiger partial charge >= 0.3 is 0 Å². The highest BCUT2D eigenvalue weighted by Gasteiger charge is 2.27. The Balaban J connectivity index is 1.26. The number of benzene rings is 7. The third-order valence-electron chi connectivity index (χ3n) is 12.3. The standard InChI is InChI=1S/C56H35N7/c1-3-17-36(18-4-1)43-35-44(60-56(59-43)37-19-5-2-6-20-37)38-33-51(61-47-27-13-9-23-41(47)53-49(61)29-15-31-57-53)55(63-45-25-11-7-21-39(45)40-22-8-12-26-46(40)63)52(34-38)62-48-28-14-10-24-42(48)54-50(62)30-16-32-58-54/h1-35H. The highest BCUT2D eigenvalue weighted by molar-refractivity contribution is 6.12. The van der Waals surface area contributed by atoms with Gasteiger partial charge < -0.3 is 13.7 Å². The van der Waals surface area contributed by atoms with Crippen molar-refractivity contribution < 1.29 is 0 Å². The molecule has 294 valence electrons. The van der Waals surface area contributed by atoms with Crippen LogP contribution in [0.1, 0.15) is 0 Å². The van der Waals surface area contributed by atoms with Crippen molar-refractivity contribution in [3.63, 3.8) is 0 Å². The van der Waals surface area contributed by atoms with Crippen molar-refractivity contribution in [2.75, 3.05) is 0 Å². The van der Waals surface area contributed by atoms with E-state index in [0.29, 0.717) is 5.82 Å². The van der Waals surface area contributed by atoms with Crippen LogP contribution in [-0.4, -0.2) is 33.6 Å². The van der Waals surface area contributed by atoms with Crippen LogP contribution in [0.2, 0.25) is 0 Å². The quantitative estimate of drug-likeness (QED) is 0.168. The molecule has 0 amide bonds. The molecule has 0 aliphatic rings. The fraction of sp³-hybridized carbons (Fsp3) is 0. The van der Waals surface area contributed by atoms with E-state index in [1.165, 1.54) is 10.8 Å². The zero-order chi connectivity index (χ0) is 41.4. The van der Waals surface area contributed by atoms with Crippen LogP contribution in [0.3, 0.4) is 0 Å². The Bertz CT molecular complexity index is 3560. The second-order valence-corrected chi connectivity index (χ2v) is 15.9. The van der Waals surface area contributed by atoms with Gasteiger partial charge in [0, 0.05) is 50.6 Å². The molecule has 13 rings (SSSR count). The minimum Gasteiger partial charge on any atom is -0.305 e. The van der Waals surface area contributed by atoms with Gasteiger partial charge in [-0.15, -0.1) is 0 Å². The molecule has 0 radical (unpaired) electrons. The Morgan fingerprint density at radius 1 is 0.302 bits per heavy atom. The van der Waals surface area contributed by atoms with Gasteiger partial charge in [-0.1, -0.05) is 133 Å². The second kappa shape index (κ2) is 13.9. The molecule has 0 spiro atoms. The summed E-state index contributed by atoms with van der Waals surface area (Å²) in [6.45, 7) is 0. The summed E-state index contributed by atoms with van der Waals surface area (Å²) in [4.78, 5) is 20.6. The van der Waals surface area contributed by atoms with Gasteiger partial charge in [0.1, 0.15) is 0 Å². The first-order valence-electron chi connectivity index (χ1n) is 21.1. The molecule has 0 atom stereocenters. The molecule has 0 N–H and O–H groups in total. The normalized spacial score (nSPS) is 11.8. The summed E-state index contributed by atoms with van der Waals surface area (Å²) in [5.41, 5.74) is 15.7. The largest absolute Gasteiger partial charge is 0.305 e. The summed E-state index contributed by atoms with van der Waals surface area (Å²) in [5.74, 6) is 0.656. The molecular weight excluding hydrogens is 771 g/mol. The number of hydrogen-bond donors (Lipinski definition) is 0. The van der Waals surface area contributed by atoms with Crippen LogP contribution in [-0.2, 0) is 0 Å². The van der Waals surface area contributed by atoms with Gasteiger partial charge in [-0.2, -0.15) is 0 Å². The molecule has 0 aliphatic heterocycles. The lowest BCUT2D eigenvalue weighted by Gasteiger charge is -2.23. The lowest BCUT2D eigenvalue weighted by Crippen LogP contribution is -2.10. The molecule has 7 aromatic carbocycles. The average Bonchev–Trinajstić information content (AvgIpc) is 4.00. The van der Waals surface area contributed by atoms with Crippen molar-refractivity contribution >= 4 is 65.7 Å². The smallest absolute Gasteiger partial charge is 0.160 e. The van der Waals surface area contributed by atoms with Gasteiger partial charge in [0.15, 0.2) is 5.82 Å². The summed E-state index contributed by atoms with van der Waals surface area (Å²) < 4.78 is 7.25. The summed E-state index contributed by atoms with van der Waals surface area (Å²) >= 11 is 0. The molecule has 0 bridgehead atoms. The summed E-state index contributed by atoms with van der Waals surface area (Å²) in [6, 6.07) is 70.5. The molecule has 0 saturated heterocycles. The number of hydrogen-bond acceptors (Lipinski definition) is 4. The third kappa shape index (κ3) is 5.40. The van der Waals surface area contributed by atoms with Crippen LogP contribution in [0, 0.1) is 0 Å². The molecule has 13 aromatic rings. The van der Waals surface area contributed by atoms with Crippen molar-refractivity contribution in [2.45, 2.75) is 0 Å². The highest BCUT2D eigenvalue weighted by Crippen LogP contribution is 2.44. The Hall–Kier alpha value is -8.68. The van der Waals surface area contributed by atoms with Crippen molar-refractivity contribution in [3.8, 4) is 51.0 Å². The van der Waals surface area contributed by atoms with Gasteiger partial charge in [-0.3, -0.25) is 9.97 Å². The fourth-order valence-corrected chi connectivity index (χ4v) is 9.64. The van der Waals surface area contributed by atoms with E-state index in [1.807, 2.05) is 48.8 Å². The fourth-order valence-electron chi connectivity index (χ4n) is 9.64. The maximum atomic E-state index is 5.42. The van der Waals surface area contributed by atoms with Gasteiger partial charge in [0.2, 0.25) is 0 Å².